The summed E-state index contributed by atoms with van der Waals surface area (Å²) in [7, 11) is 0. The van der Waals surface area contributed by atoms with Gasteiger partial charge in [0.15, 0.2) is 0 Å². The van der Waals surface area contributed by atoms with E-state index in [9.17, 15) is 4.79 Å². The summed E-state index contributed by atoms with van der Waals surface area (Å²) in [4.78, 5) is 21.4. The highest BCUT2D eigenvalue weighted by Crippen LogP contribution is 2.24. The first-order valence-electron chi connectivity index (χ1n) is 9.62. The third-order valence-corrected chi connectivity index (χ3v) is 5.58. The van der Waals surface area contributed by atoms with Crippen molar-refractivity contribution in [3.63, 3.8) is 0 Å². The van der Waals surface area contributed by atoms with Gasteiger partial charge < -0.3 is 20.4 Å². The van der Waals surface area contributed by atoms with Crippen LogP contribution in [-0.4, -0.2) is 54.7 Å². The number of carbonyl (C=O) groups excluding carboxylic acids is 1. The Kier molecular flexibility index (Phi) is 6.13. The van der Waals surface area contributed by atoms with E-state index in [0.29, 0.717) is 18.5 Å². The van der Waals surface area contributed by atoms with E-state index < -0.39 is 0 Å². The first-order chi connectivity index (χ1) is 12.2. The number of nitrogens with one attached hydrogen (secondary N) is 2. The van der Waals surface area contributed by atoms with Crippen molar-refractivity contribution in [2.24, 2.45) is 5.92 Å². The summed E-state index contributed by atoms with van der Waals surface area (Å²) in [5, 5.41) is 6.09. The molecule has 138 valence electrons. The Morgan fingerprint density at radius 2 is 2.08 bits per heavy atom. The fraction of sp³-hybridized carbons (Fsp3) is 0.684. The molecule has 0 aromatic carbocycles. The SMILES string of the molecule is CCN1CCN(c2cc(CNC(=O)NC3CCCC3C)ccn2)CC1. The van der Waals surface area contributed by atoms with Crippen LogP contribution >= 0.6 is 0 Å². The van der Waals surface area contributed by atoms with Gasteiger partial charge in [-0.2, -0.15) is 0 Å². The summed E-state index contributed by atoms with van der Waals surface area (Å²) in [5.41, 5.74) is 1.09. The van der Waals surface area contributed by atoms with Gasteiger partial charge in [0.1, 0.15) is 5.82 Å². The Morgan fingerprint density at radius 1 is 1.28 bits per heavy atom. The summed E-state index contributed by atoms with van der Waals surface area (Å²) in [6.45, 7) is 10.3. The summed E-state index contributed by atoms with van der Waals surface area (Å²) in [6.07, 6.45) is 5.36. The van der Waals surface area contributed by atoms with Gasteiger partial charge in [-0.05, 0) is 43.0 Å². The molecule has 25 heavy (non-hydrogen) atoms. The smallest absolute Gasteiger partial charge is 0.315 e. The van der Waals surface area contributed by atoms with Crippen LogP contribution in [0, 0.1) is 5.92 Å². The second kappa shape index (κ2) is 8.52. The number of anilines is 1. The molecule has 2 fully saturated rings. The number of urea groups is 1. The van der Waals surface area contributed by atoms with Gasteiger partial charge in [-0.25, -0.2) is 9.78 Å². The largest absolute Gasteiger partial charge is 0.354 e. The van der Waals surface area contributed by atoms with E-state index >= 15 is 0 Å². The molecule has 0 spiro atoms. The highest BCUT2D eigenvalue weighted by Gasteiger charge is 2.24. The molecular formula is C19H31N5O. The van der Waals surface area contributed by atoms with Crippen molar-refractivity contribution in [3.8, 4) is 0 Å². The van der Waals surface area contributed by atoms with Crippen LogP contribution in [0.5, 0.6) is 0 Å². The summed E-state index contributed by atoms with van der Waals surface area (Å²) in [5.74, 6) is 1.60. The molecule has 1 aromatic rings. The van der Waals surface area contributed by atoms with Gasteiger partial charge in [0.25, 0.3) is 0 Å². The molecule has 0 radical (unpaired) electrons. The van der Waals surface area contributed by atoms with Crippen LogP contribution in [0.3, 0.4) is 0 Å². The first-order valence-corrected chi connectivity index (χ1v) is 9.62. The topological polar surface area (TPSA) is 60.5 Å². The normalized spacial score (nSPS) is 24.3. The van der Waals surface area contributed by atoms with Crippen LogP contribution in [0.4, 0.5) is 10.6 Å². The third kappa shape index (κ3) is 4.84. The Morgan fingerprint density at radius 3 is 2.76 bits per heavy atom. The zero-order valence-corrected chi connectivity index (χ0v) is 15.5. The van der Waals surface area contributed by atoms with E-state index in [1.165, 1.54) is 12.8 Å². The van der Waals surface area contributed by atoms with Crippen molar-refractivity contribution in [2.75, 3.05) is 37.6 Å². The molecule has 2 atom stereocenters. The van der Waals surface area contributed by atoms with E-state index in [1.807, 2.05) is 12.3 Å². The Balaban J connectivity index is 1.49. The van der Waals surface area contributed by atoms with Crippen LogP contribution < -0.4 is 15.5 Å². The average Bonchev–Trinajstić information content (AvgIpc) is 3.05. The maximum absolute atomic E-state index is 12.1. The number of nitrogens with zero attached hydrogens (tertiary/aromatic N) is 3. The molecule has 1 aliphatic carbocycles. The second-order valence-electron chi connectivity index (χ2n) is 7.29. The number of rotatable bonds is 5. The van der Waals surface area contributed by atoms with Gasteiger partial charge in [-0.1, -0.05) is 20.3 Å². The van der Waals surface area contributed by atoms with Gasteiger partial charge in [0.2, 0.25) is 0 Å². The number of pyridine rings is 1. The number of likely N-dealkylation sites (N-methyl/N-ethyl adjacent to an activating group) is 1. The Hall–Kier alpha value is -1.82. The fourth-order valence-corrected chi connectivity index (χ4v) is 3.80. The van der Waals surface area contributed by atoms with Gasteiger partial charge in [0.05, 0.1) is 0 Å². The highest BCUT2D eigenvalue weighted by atomic mass is 16.2. The number of aromatic nitrogens is 1. The van der Waals surface area contributed by atoms with Crippen molar-refractivity contribution in [1.82, 2.24) is 20.5 Å². The molecule has 2 heterocycles. The minimum absolute atomic E-state index is 0.0614. The molecule has 6 nitrogen and oxygen atoms in total. The molecule has 2 unspecified atom stereocenters. The maximum Gasteiger partial charge on any atom is 0.315 e. The average molecular weight is 345 g/mol. The van der Waals surface area contributed by atoms with Crippen molar-refractivity contribution in [2.45, 2.75) is 45.7 Å². The molecule has 2 aliphatic rings. The number of amides is 2. The number of piperazine rings is 1. The third-order valence-electron chi connectivity index (χ3n) is 5.58. The monoisotopic (exact) mass is 345 g/mol. The Bertz CT molecular complexity index is 571. The lowest BCUT2D eigenvalue weighted by molar-refractivity contribution is 0.234. The van der Waals surface area contributed by atoms with Crippen molar-refractivity contribution >= 4 is 11.8 Å². The molecule has 6 heteroatoms. The fourth-order valence-electron chi connectivity index (χ4n) is 3.80. The minimum atomic E-state index is -0.0614. The summed E-state index contributed by atoms with van der Waals surface area (Å²) in [6, 6.07) is 4.33. The lowest BCUT2D eigenvalue weighted by Crippen LogP contribution is -2.46. The molecular weight excluding hydrogens is 314 g/mol. The first kappa shape index (κ1) is 18.0. The predicted octanol–water partition coefficient (Wildman–Crippen LogP) is 2.21. The lowest BCUT2D eigenvalue weighted by atomic mass is 10.1. The van der Waals surface area contributed by atoms with Crippen LogP contribution in [-0.2, 0) is 6.54 Å². The Labute approximate surface area is 151 Å². The summed E-state index contributed by atoms with van der Waals surface area (Å²) < 4.78 is 0. The van der Waals surface area contributed by atoms with E-state index in [1.54, 1.807) is 0 Å². The second-order valence-corrected chi connectivity index (χ2v) is 7.29. The van der Waals surface area contributed by atoms with Crippen molar-refractivity contribution < 1.29 is 4.79 Å². The van der Waals surface area contributed by atoms with Crippen LogP contribution in [0.25, 0.3) is 0 Å². The van der Waals surface area contributed by atoms with E-state index in [0.717, 1.165) is 50.5 Å². The molecule has 1 aliphatic heterocycles. The standard InChI is InChI=1S/C19H31N5O/c1-3-23-9-11-24(12-10-23)18-13-16(7-8-20-18)14-21-19(25)22-17-6-4-5-15(17)2/h7-8,13,15,17H,3-6,9-12,14H2,1-2H3,(H2,21,22,25). The summed E-state index contributed by atoms with van der Waals surface area (Å²) >= 11 is 0. The van der Waals surface area contributed by atoms with Crippen LogP contribution in [0.1, 0.15) is 38.7 Å². The van der Waals surface area contributed by atoms with Crippen LogP contribution in [0.15, 0.2) is 18.3 Å². The zero-order chi connectivity index (χ0) is 17.6. The van der Waals surface area contributed by atoms with Gasteiger partial charge >= 0.3 is 6.03 Å². The number of carbonyl (C=O) groups is 1. The highest BCUT2D eigenvalue weighted by molar-refractivity contribution is 5.74. The zero-order valence-electron chi connectivity index (χ0n) is 15.5. The van der Waals surface area contributed by atoms with E-state index in [2.05, 4.69) is 45.3 Å². The molecule has 1 saturated heterocycles. The molecule has 2 amide bonds. The number of hydrogen-bond acceptors (Lipinski definition) is 4. The number of hydrogen-bond donors (Lipinski definition) is 2. The van der Waals surface area contributed by atoms with Crippen LogP contribution in [0.2, 0.25) is 0 Å². The minimum Gasteiger partial charge on any atom is -0.354 e. The molecule has 1 saturated carbocycles. The molecule has 0 bridgehead atoms. The maximum atomic E-state index is 12.1. The predicted molar refractivity (Wildman–Crippen MR) is 101 cm³/mol. The molecule has 3 rings (SSSR count). The quantitative estimate of drug-likeness (QED) is 0.859. The molecule has 1 aromatic heterocycles. The van der Waals surface area contributed by atoms with Gasteiger partial charge in [0, 0.05) is 45.0 Å². The van der Waals surface area contributed by atoms with Gasteiger partial charge in [-0.3, -0.25) is 0 Å². The van der Waals surface area contributed by atoms with Crippen molar-refractivity contribution in [1.29, 1.82) is 0 Å². The molecule has 2 N–H and O–H groups in total. The lowest BCUT2D eigenvalue weighted by Gasteiger charge is -2.34. The van der Waals surface area contributed by atoms with E-state index in [-0.39, 0.29) is 6.03 Å². The van der Waals surface area contributed by atoms with Gasteiger partial charge in [-0.15, -0.1) is 0 Å². The van der Waals surface area contributed by atoms with E-state index in [4.69, 9.17) is 0 Å². The van der Waals surface area contributed by atoms with Crippen molar-refractivity contribution in [3.05, 3.63) is 23.9 Å².